The van der Waals surface area contributed by atoms with Crippen LogP contribution in [0.5, 0.6) is 0 Å². The Morgan fingerprint density at radius 3 is 2.57 bits per heavy atom. The molecule has 2 rings (SSSR count). The summed E-state index contributed by atoms with van der Waals surface area (Å²) >= 11 is 0. The summed E-state index contributed by atoms with van der Waals surface area (Å²) in [5.41, 5.74) is 1.83. The fourth-order valence-electron chi connectivity index (χ4n) is 1.79. The second-order valence-electron chi connectivity index (χ2n) is 4.49. The molecule has 7 nitrogen and oxygen atoms in total. The second kappa shape index (κ2) is 6.08. The molecule has 21 heavy (non-hydrogen) atoms. The van der Waals surface area contributed by atoms with Crippen LogP contribution in [-0.4, -0.2) is 21.6 Å². The highest BCUT2D eigenvalue weighted by atomic mass is 16.5. The first kappa shape index (κ1) is 14.6. The van der Waals surface area contributed by atoms with Crippen LogP contribution in [0.4, 0.5) is 0 Å². The molecule has 110 valence electrons. The minimum Gasteiger partial charge on any atom is -0.411 e. The van der Waals surface area contributed by atoms with Crippen LogP contribution in [0.25, 0.3) is 11.1 Å². The lowest BCUT2D eigenvalue weighted by Crippen LogP contribution is -2.22. The van der Waals surface area contributed by atoms with Gasteiger partial charge in [0, 0.05) is 6.92 Å². The zero-order valence-corrected chi connectivity index (χ0v) is 11.7. The fourth-order valence-corrected chi connectivity index (χ4v) is 1.79. The number of oxime groups is 1. The van der Waals surface area contributed by atoms with Crippen molar-refractivity contribution < 1.29 is 14.5 Å². The van der Waals surface area contributed by atoms with Crippen molar-refractivity contribution in [3.8, 4) is 11.1 Å². The Balaban J connectivity index is 2.26. The average Bonchev–Trinajstić information content (AvgIpc) is 2.85. The van der Waals surface area contributed by atoms with Crippen LogP contribution >= 0.6 is 0 Å². The third-order valence-electron chi connectivity index (χ3n) is 2.94. The highest BCUT2D eigenvalue weighted by Crippen LogP contribution is 2.17. The summed E-state index contributed by atoms with van der Waals surface area (Å²) in [6, 6.07) is 6.96. The molecule has 0 unspecified atom stereocenters. The van der Waals surface area contributed by atoms with E-state index in [0.717, 1.165) is 5.56 Å². The summed E-state index contributed by atoms with van der Waals surface area (Å²) in [5, 5.41) is 14.4. The standard InChI is InChI=1S/C14H15N3O4/c1-9(16-20)11-3-5-12(6-4-11)13-7-17(21-14(13)19)8-15-10(2)18/h3-7,20H,8H2,1-2H3,(H,15,18). The minimum absolute atomic E-state index is 0.0962. The molecular formula is C14H15N3O4. The average molecular weight is 289 g/mol. The van der Waals surface area contributed by atoms with Crippen molar-refractivity contribution in [2.24, 2.45) is 5.16 Å². The minimum atomic E-state index is -0.486. The van der Waals surface area contributed by atoms with Crippen LogP contribution in [-0.2, 0) is 11.5 Å². The van der Waals surface area contributed by atoms with E-state index in [1.807, 2.05) is 0 Å². The van der Waals surface area contributed by atoms with Gasteiger partial charge in [-0.2, -0.15) is 4.74 Å². The third-order valence-corrected chi connectivity index (χ3v) is 2.94. The summed E-state index contributed by atoms with van der Waals surface area (Å²) in [5.74, 6) is -0.212. The molecule has 0 aliphatic rings. The molecule has 0 saturated heterocycles. The Morgan fingerprint density at radius 1 is 1.33 bits per heavy atom. The molecular weight excluding hydrogens is 274 g/mol. The lowest BCUT2D eigenvalue weighted by Gasteiger charge is -2.01. The summed E-state index contributed by atoms with van der Waals surface area (Å²) in [7, 11) is 0. The second-order valence-corrected chi connectivity index (χ2v) is 4.49. The molecule has 1 aromatic carbocycles. The Bertz CT molecular complexity index is 725. The first-order valence-corrected chi connectivity index (χ1v) is 6.26. The van der Waals surface area contributed by atoms with E-state index in [4.69, 9.17) is 9.73 Å². The van der Waals surface area contributed by atoms with E-state index in [1.54, 1.807) is 31.2 Å². The fraction of sp³-hybridized carbons (Fsp3) is 0.214. The zero-order chi connectivity index (χ0) is 15.4. The van der Waals surface area contributed by atoms with Gasteiger partial charge in [-0.1, -0.05) is 29.4 Å². The Kier molecular flexibility index (Phi) is 4.22. The van der Waals surface area contributed by atoms with Crippen molar-refractivity contribution in [1.82, 2.24) is 10.1 Å². The molecule has 7 heteroatoms. The van der Waals surface area contributed by atoms with Crippen molar-refractivity contribution in [1.29, 1.82) is 0 Å². The smallest absolute Gasteiger partial charge is 0.365 e. The van der Waals surface area contributed by atoms with Crippen molar-refractivity contribution >= 4 is 11.6 Å². The largest absolute Gasteiger partial charge is 0.411 e. The predicted octanol–water partition coefficient (Wildman–Crippen LogP) is 1.40. The number of carbonyl (C=O) groups excluding carboxylic acids is 1. The van der Waals surface area contributed by atoms with E-state index in [-0.39, 0.29) is 12.6 Å². The quantitative estimate of drug-likeness (QED) is 0.505. The van der Waals surface area contributed by atoms with Crippen LogP contribution in [0.1, 0.15) is 19.4 Å². The highest BCUT2D eigenvalue weighted by Gasteiger charge is 2.10. The van der Waals surface area contributed by atoms with Gasteiger partial charge >= 0.3 is 5.63 Å². The number of nitrogens with one attached hydrogen (secondary N) is 1. The van der Waals surface area contributed by atoms with Crippen LogP contribution < -0.4 is 10.9 Å². The molecule has 0 bridgehead atoms. The van der Waals surface area contributed by atoms with E-state index >= 15 is 0 Å². The van der Waals surface area contributed by atoms with Crippen molar-refractivity contribution in [2.75, 3.05) is 0 Å². The topological polar surface area (TPSA) is 96.8 Å². The Morgan fingerprint density at radius 2 is 2.00 bits per heavy atom. The van der Waals surface area contributed by atoms with Crippen LogP contribution in [0, 0.1) is 0 Å². The molecule has 0 aliphatic heterocycles. The van der Waals surface area contributed by atoms with E-state index in [0.29, 0.717) is 16.8 Å². The number of amides is 1. The van der Waals surface area contributed by atoms with Crippen molar-refractivity contribution in [3.05, 3.63) is 46.4 Å². The Hall–Kier alpha value is -2.83. The molecule has 2 N–H and O–H groups in total. The molecule has 0 saturated carbocycles. The van der Waals surface area contributed by atoms with E-state index in [9.17, 15) is 9.59 Å². The lowest BCUT2D eigenvalue weighted by atomic mass is 10.1. The first-order valence-electron chi connectivity index (χ1n) is 6.26. The number of nitrogens with zero attached hydrogens (tertiary/aromatic N) is 2. The van der Waals surface area contributed by atoms with E-state index < -0.39 is 5.63 Å². The SMILES string of the molecule is CC(=O)NCn1cc(-c2ccc(C(C)=NO)cc2)c(=O)o1. The molecule has 0 spiro atoms. The summed E-state index contributed by atoms with van der Waals surface area (Å²) in [6.07, 6.45) is 1.53. The van der Waals surface area contributed by atoms with Crippen LogP contribution in [0.2, 0.25) is 0 Å². The lowest BCUT2D eigenvalue weighted by molar-refractivity contribution is -0.119. The number of hydrogen-bond donors (Lipinski definition) is 2. The molecule has 2 aromatic rings. The molecule has 0 atom stereocenters. The molecule has 1 amide bonds. The van der Waals surface area contributed by atoms with Gasteiger partial charge in [-0.25, -0.2) is 4.79 Å². The number of carbonyl (C=O) groups is 1. The van der Waals surface area contributed by atoms with Crippen molar-refractivity contribution in [2.45, 2.75) is 20.5 Å². The van der Waals surface area contributed by atoms with Gasteiger partial charge in [-0.05, 0) is 18.1 Å². The van der Waals surface area contributed by atoms with Gasteiger partial charge in [-0.15, -0.1) is 0 Å². The van der Waals surface area contributed by atoms with E-state index in [1.165, 1.54) is 17.9 Å². The monoisotopic (exact) mass is 289 g/mol. The number of aromatic nitrogens is 1. The number of rotatable bonds is 4. The zero-order valence-electron chi connectivity index (χ0n) is 11.7. The summed E-state index contributed by atoms with van der Waals surface area (Å²) < 4.78 is 6.26. The molecule has 1 aromatic heterocycles. The Labute approximate surface area is 120 Å². The van der Waals surface area contributed by atoms with Gasteiger partial charge in [0.15, 0.2) is 0 Å². The predicted molar refractivity (Wildman–Crippen MR) is 76.2 cm³/mol. The van der Waals surface area contributed by atoms with Crippen LogP contribution in [0.15, 0.2) is 44.9 Å². The molecule has 0 radical (unpaired) electrons. The molecule has 1 heterocycles. The van der Waals surface area contributed by atoms with Gasteiger partial charge in [0.1, 0.15) is 6.67 Å². The maximum atomic E-state index is 11.8. The maximum absolute atomic E-state index is 11.8. The maximum Gasteiger partial charge on any atom is 0.365 e. The van der Waals surface area contributed by atoms with Gasteiger partial charge in [0.2, 0.25) is 5.91 Å². The number of hydrogen-bond acceptors (Lipinski definition) is 5. The molecule has 0 aliphatic carbocycles. The first-order chi connectivity index (χ1) is 10.0. The van der Waals surface area contributed by atoms with Crippen molar-refractivity contribution in [3.63, 3.8) is 0 Å². The van der Waals surface area contributed by atoms with Gasteiger partial charge in [0.25, 0.3) is 0 Å². The summed E-state index contributed by atoms with van der Waals surface area (Å²) in [4.78, 5) is 22.6. The normalized spacial score (nSPS) is 11.4. The number of benzene rings is 1. The molecule has 0 fully saturated rings. The van der Waals surface area contributed by atoms with Gasteiger partial charge in [0.05, 0.1) is 17.5 Å². The van der Waals surface area contributed by atoms with Crippen LogP contribution in [0.3, 0.4) is 0 Å². The van der Waals surface area contributed by atoms with E-state index in [2.05, 4.69) is 10.5 Å². The summed E-state index contributed by atoms with van der Waals surface area (Å²) in [6.45, 7) is 3.15. The highest BCUT2D eigenvalue weighted by molar-refractivity contribution is 5.98. The van der Waals surface area contributed by atoms with Gasteiger partial charge in [-0.3, -0.25) is 4.79 Å². The van der Waals surface area contributed by atoms with Gasteiger partial charge < -0.3 is 15.0 Å². The third kappa shape index (κ3) is 3.38.